The first kappa shape index (κ1) is 15.1. The predicted octanol–water partition coefficient (Wildman–Crippen LogP) is 3.29. The Kier molecular flexibility index (Phi) is 4.55. The fourth-order valence-electron chi connectivity index (χ4n) is 1.65. The van der Waals surface area contributed by atoms with E-state index in [1.807, 2.05) is 0 Å². The van der Waals surface area contributed by atoms with Crippen LogP contribution in [-0.2, 0) is 16.6 Å². The van der Waals surface area contributed by atoms with Crippen molar-refractivity contribution in [1.29, 1.82) is 0 Å². The van der Waals surface area contributed by atoms with Gasteiger partial charge in [-0.1, -0.05) is 47.5 Å². The fourth-order valence-corrected chi connectivity index (χ4v) is 3.51. The van der Waals surface area contributed by atoms with E-state index >= 15 is 0 Å². The number of halogens is 2. The summed E-state index contributed by atoms with van der Waals surface area (Å²) >= 11 is 11.7. The van der Waals surface area contributed by atoms with Crippen molar-refractivity contribution in [3.8, 4) is 0 Å². The number of nitrogens with one attached hydrogen (secondary N) is 1. The molecule has 2 N–H and O–H groups in total. The lowest BCUT2D eigenvalue weighted by Crippen LogP contribution is -2.14. The van der Waals surface area contributed by atoms with Gasteiger partial charge in [-0.05, 0) is 18.2 Å². The topological polar surface area (TPSA) is 66.4 Å². The van der Waals surface area contributed by atoms with E-state index in [1.54, 1.807) is 24.3 Å². The van der Waals surface area contributed by atoms with Crippen molar-refractivity contribution >= 4 is 38.9 Å². The predicted molar refractivity (Wildman–Crippen MR) is 79.6 cm³/mol. The first-order chi connectivity index (χ1) is 9.45. The van der Waals surface area contributed by atoms with Crippen LogP contribution in [-0.4, -0.2) is 13.5 Å². The SMILES string of the molecule is O=S(=O)(Nc1ccccc1CO)c1cccc(Cl)c1Cl. The lowest BCUT2D eigenvalue weighted by Gasteiger charge is -2.12. The van der Waals surface area contributed by atoms with Crippen LogP contribution in [0.25, 0.3) is 0 Å². The number of hydrogen-bond donors (Lipinski definition) is 2. The summed E-state index contributed by atoms with van der Waals surface area (Å²) in [6, 6.07) is 10.9. The molecule has 0 aliphatic heterocycles. The molecule has 0 heterocycles. The molecule has 4 nitrogen and oxygen atoms in total. The number of rotatable bonds is 4. The summed E-state index contributed by atoms with van der Waals surface area (Å²) < 4.78 is 27.0. The second-order valence-corrected chi connectivity index (χ2v) is 6.41. The lowest BCUT2D eigenvalue weighted by molar-refractivity contribution is 0.282. The van der Waals surface area contributed by atoms with Gasteiger partial charge in [0.2, 0.25) is 0 Å². The summed E-state index contributed by atoms with van der Waals surface area (Å²) in [6.07, 6.45) is 0. The highest BCUT2D eigenvalue weighted by atomic mass is 35.5. The molecule has 0 unspecified atom stereocenters. The van der Waals surface area contributed by atoms with Gasteiger partial charge < -0.3 is 5.11 Å². The highest BCUT2D eigenvalue weighted by Crippen LogP contribution is 2.30. The molecule has 0 bridgehead atoms. The third-order valence-corrected chi connectivity index (χ3v) is 4.98. The molecule has 0 aliphatic rings. The zero-order chi connectivity index (χ0) is 14.8. The van der Waals surface area contributed by atoms with E-state index < -0.39 is 10.0 Å². The minimum atomic E-state index is -3.88. The van der Waals surface area contributed by atoms with E-state index in [0.717, 1.165) is 0 Å². The Hall–Kier alpha value is -1.27. The number of para-hydroxylation sites is 1. The number of aliphatic hydroxyl groups is 1. The Morgan fingerprint density at radius 2 is 1.75 bits per heavy atom. The molecule has 0 aliphatic carbocycles. The molecule has 2 aromatic rings. The van der Waals surface area contributed by atoms with Crippen molar-refractivity contribution in [2.45, 2.75) is 11.5 Å². The van der Waals surface area contributed by atoms with E-state index in [-0.39, 0.29) is 21.5 Å². The van der Waals surface area contributed by atoms with Crippen molar-refractivity contribution < 1.29 is 13.5 Å². The van der Waals surface area contributed by atoms with Gasteiger partial charge in [-0.25, -0.2) is 8.42 Å². The smallest absolute Gasteiger partial charge is 0.263 e. The molecule has 0 aromatic heterocycles. The molecule has 0 amide bonds. The Labute approximate surface area is 127 Å². The minimum absolute atomic E-state index is 0.0388. The average Bonchev–Trinajstić information content (AvgIpc) is 2.42. The van der Waals surface area contributed by atoms with Gasteiger partial charge in [0.05, 0.1) is 22.3 Å². The number of anilines is 1. The Morgan fingerprint density at radius 1 is 1.05 bits per heavy atom. The number of sulfonamides is 1. The molecule has 0 radical (unpaired) electrons. The molecule has 0 atom stereocenters. The molecule has 20 heavy (non-hydrogen) atoms. The largest absolute Gasteiger partial charge is 0.392 e. The first-order valence-corrected chi connectivity index (χ1v) is 7.85. The molecular weight excluding hydrogens is 321 g/mol. The Balaban J connectivity index is 2.44. The second kappa shape index (κ2) is 6.01. The maximum absolute atomic E-state index is 12.3. The normalized spacial score (nSPS) is 11.3. The zero-order valence-electron chi connectivity index (χ0n) is 10.2. The van der Waals surface area contributed by atoms with E-state index in [2.05, 4.69) is 4.72 Å². The van der Waals surface area contributed by atoms with Crippen molar-refractivity contribution in [3.05, 3.63) is 58.1 Å². The number of benzene rings is 2. The zero-order valence-corrected chi connectivity index (χ0v) is 12.5. The van der Waals surface area contributed by atoms with Crippen molar-refractivity contribution in [2.24, 2.45) is 0 Å². The summed E-state index contributed by atoms with van der Waals surface area (Å²) in [4.78, 5) is -0.112. The molecule has 0 saturated carbocycles. The van der Waals surface area contributed by atoms with E-state index in [0.29, 0.717) is 11.3 Å². The maximum Gasteiger partial charge on any atom is 0.263 e. The van der Waals surface area contributed by atoms with Crippen LogP contribution >= 0.6 is 23.2 Å². The van der Waals surface area contributed by atoms with Crippen molar-refractivity contribution in [1.82, 2.24) is 0 Å². The molecule has 106 valence electrons. The van der Waals surface area contributed by atoms with Gasteiger partial charge in [0.25, 0.3) is 10.0 Å². The highest BCUT2D eigenvalue weighted by Gasteiger charge is 2.20. The number of aliphatic hydroxyl groups excluding tert-OH is 1. The molecule has 0 spiro atoms. The van der Waals surface area contributed by atoms with Gasteiger partial charge in [0.1, 0.15) is 4.90 Å². The summed E-state index contributed by atoms with van der Waals surface area (Å²) in [5, 5.41) is 9.32. The van der Waals surface area contributed by atoms with Crippen LogP contribution in [0.4, 0.5) is 5.69 Å². The molecule has 0 fully saturated rings. The van der Waals surface area contributed by atoms with Gasteiger partial charge in [-0.2, -0.15) is 0 Å². The Morgan fingerprint density at radius 3 is 2.45 bits per heavy atom. The minimum Gasteiger partial charge on any atom is -0.392 e. The lowest BCUT2D eigenvalue weighted by atomic mass is 10.2. The highest BCUT2D eigenvalue weighted by molar-refractivity contribution is 7.92. The van der Waals surface area contributed by atoms with Crippen LogP contribution in [0.2, 0.25) is 10.0 Å². The van der Waals surface area contributed by atoms with E-state index in [1.165, 1.54) is 18.2 Å². The first-order valence-electron chi connectivity index (χ1n) is 5.61. The maximum atomic E-state index is 12.3. The second-order valence-electron chi connectivity index (χ2n) is 3.97. The summed E-state index contributed by atoms with van der Waals surface area (Å²) in [5.41, 5.74) is 0.764. The quantitative estimate of drug-likeness (QED) is 0.903. The van der Waals surface area contributed by atoms with Gasteiger partial charge >= 0.3 is 0 Å². The van der Waals surface area contributed by atoms with E-state index in [9.17, 15) is 13.5 Å². The van der Waals surface area contributed by atoms with Gasteiger partial charge in [-0.3, -0.25) is 4.72 Å². The summed E-state index contributed by atoms with van der Waals surface area (Å²) in [7, 11) is -3.88. The fraction of sp³-hybridized carbons (Fsp3) is 0.0769. The van der Waals surface area contributed by atoms with Crippen LogP contribution in [0, 0.1) is 0 Å². The average molecular weight is 332 g/mol. The number of hydrogen-bond acceptors (Lipinski definition) is 3. The van der Waals surface area contributed by atoms with Crippen LogP contribution in [0.1, 0.15) is 5.56 Å². The molecule has 2 aromatic carbocycles. The summed E-state index contributed by atoms with van der Waals surface area (Å²) in [6.45, 7) is -0.276. The monoisotopic (exact) mass is 331 g/mol. The Bertz CT molecular complexity index is 732. The molecule has 2 rings (SSSR count). The molecular formula is C13H11Cl2NO3S. The third kappa shape index (κ3) is 3.07. The molecule has 7 heteroatoms. The van der Waals surface area contributed by atoms with Crippen molar-refractivity contribution in [2.75, 3.05) is 4.72 Å². The molecule has 0 saturated heterocycles. The van der Waals surface area contributed by atoms with Crippen LogP contribution in [0.5, 0.6) is 0 Å². The van der Waals surface area contributed by atoms with E-state index in [4.69, 9.17) is 23.2 Å². The van der Waals surface area contributed by atoms with Gasteiger partial charge in [0, 0.05) is 5.56 Å². The third-order valence-electron chi connectivity index (χ3n) is 2.64. The van der Waals surface area contributed by atoms with Crippen molar-refractivity contribution in [3.63, 3.8) is 0 Å². The van der Waals surface area contributed by atoms with Gasteiger partial charge in [0.15, 0.2) is 0 Å². The standard InChI is InChI=1S/C13H11Cl2NO3S/c14-10-5-3-7-12(13(10)15)20(18,19)16-11-6-2-1-4-9(11)8-17/h1-7,16-17H,8H2. The van der Waals surface area contributed by atoms with Crippen LogP contribution < -0.4 is 4.72 Å². The van der Waals surface area contributed by atoms with Gasteiger partial charge in [-0.15, -0.1) is 0 Å². The van der Waals surface area contributed by atoms with Crippen LogP contribution in [0.3, 0.4) is 0 Å². The summed E-state index contributed by atoms with van der Waals surface area (Å²) in [5.74, 6) is 0. The van der Waals surface area contributed by atoms with Crippen LogP contribution in [0.15, 0.2) is 47.4 Å².